The molecule has 0 spiro atoms. The molecular weight excluding hydrogens is 495 g/mol. The van der Waals surface area contributed by atoms with Gasteiger partial charge in [-0.3, -0.25) is 4.79 Å². The number of benzene rings is 2. The molecule has 0 radical (unpaired) electrons. The van der Waals surface area contributed by atoms with Crippen LogP contribution in [0.15, 0.2) is 36.4 Å². The van der Waals surface area contributed by atoms with Gasteiger partial charge in [0.1, 0.15) is 5.82 Å². The number of carbonyl (C=O) groups excluding carboxylic acids is 1. The summed E-state index contributed by atoms with van der Waals surface area (Å²) in [6.45, 7) is 5.41. The highest BCUT2D eigenvalue weighted by Crippen LogP contribution is 2.49. The molecule has 0 unspecified atom stereocenters. The van der Waals surface area contributed by atoms with Gasteiger partial charge in [-0.15, -0.1) is 0 Å². The molecule has 3 rings (SSSR count). The number of rotatable bonds is 8. The molecule has 0 aromatic heterocycles. The second-order valence-corrected chi connectivity index (χ2v) is 11.0. The number of aliphatic hydroxyl groups excluding tert-OH is 2. The molecule has 1 fully saturated rings. The van der Waals surface area contributed by atoms with Crippen molar-refractivity contribution >= 4 is 17.5 Å². The lowest BCUT2D eigenvalue weighted by Crippen LogP contribution is -2.52. The number of nitrogens with two attached hydrogens (primary N) is 1. The fourth-order valence-corrected chi connectivity index (χ4v) is 5.13. The van der Waals surface area contributed by atoms with Crippen LogP contribution in [0.2, 0.25) is 5.02 Å². The molecule has 1 aliphatic heterocycles. The van der Waals surface area contributed by atoms with Crippen LogP contribution >= 0.6 is 11.6 Å². The van der Waals surface area contributed by atoms with Crippen LogP contribution in [0.5, 0.6) is 0 Å². The summed E-state index contributed by atoms with van der Waals surface area (Å²) in [4.78, 5) is 13.4. The summed E-state index contributed by atoms with van der Waals surface area (Å²) < 4.78 is 45.0. The van der Waals surface area contributed by atoms with Gasteiger partial charge < -0.3 is 26.6 Å². The quantitative estimate of drug-likeness (QED) is 0.362. The van der Waals surface area contributed by atoms with Gasteiger partial charge in [0, 0.05) is 29.1 Å². The molecule has 1 aliphatic rings. The van der Waals surface area contributed by atoms with Gasteiger partial charge in [0.25, 0.3) is 0 Å². The van der Waals surface area contributed by atoms with E-state index in [9.17, 15) is 14.3 Å². The van der Waals surface area contributed by atoms with E-state index >= 15 is 8.78 Å². The average Bonchev–Trinajstić information content (AvgIpc) is 3.06. The first-order valence-corrected chi connectivity index (χ1v) is 12.2. The maximum atomic E-state index is 15.4. The molecule has 1 saturated heterocycles. The van der Waals surface area contributed by atoms with E-state index in [2.05, 4.69) is 10.6 Å². The average molecular weight is 528 g/mol. The van der Waals surface area contributed by atoms with Gasteiger partial charge in [0.05, 0.1) is 24.3 Å². The van der Waals surface area contributed by atoms with E-state index in [1.54, 1.807) is 0 Å². The van der Waals surface area contributed by atoms with E-state index in [-0.39, 0.29) is 34.5 Å². The van der Waals surface area contributed by atoms with Gasteiger partial charge in [-0.1, -0.05) is 50.6 Å². The Bertz CT molecular complexity index is 1100. The van der Waals surface area contributed by atoms with Crippen molar-refractivity contribution in [2.45, 2.75) is 63.3 Å². The highest BCUT2D eigenvalue weighted by molar-refractivity contribution is 6.30. The normalized spacial score (nSPS) is 25.1. The molecule has 6 nitrogen and oxygen atoms in total. The number of nitrogens with one attached hydrogen (secondary N) is 2. The zero-order valence-corrected chi connectivity index (χ0v) is 21.2. The molecule has 0 bridgehead atoms. The van der Waals surface area contributed by atoms with Crippen molar-refractivity contribution in [3.05, 3.63) is 70.0 Å². The predicted octanol–water partition coefficient (Wildman–Crippen LogP) is 3.33. The van der Waals surface area contributed by atoms with Crippen LogP contribution in [0.1, 0.15) is 50.7 Å². The maximum Gasteiger partial charge on any atom is 0.237 e. The summed E-state index contributed by atoms with van der Waals surface area (Å²) in [5.74, 6) is -4.78. The van der Waals surface area contributed by atoms with Crippen LogP contribution in [0.3, 0.4) is 0 Å². The van der Waals surface area contributed by atoms with Crippen LogP contribution in [-0.2, 0) is 10.3 Å². The highest BCUT2D eigenvalue weighted by atomic mass is 35.5. The molecule has 1 heterocycles. The summed E-state index contributed by atoms with van der Waals surface area (Å²) >= 11 is 5.98. The highest BCUT2D eigenvalue weighted by Gasteiger charge is 2.58. The van der Waals surface area contributed by atoms with Crippen molar-refractivity contribution in [1.29, 1.82) is 0 Å². The second-order valence-electron chi connectivity index (χ2n) is 10.6. The smallest absolute Gasteiger partial charge is 0.237 e. The van der Waals surface area contributed by atoms with E-state index < -0.39 is 59.6 Å². The number of hydrogen-bond acceptors (Lipinski definition) is 5. The Labute approximate surface area is 214 Å². The lowest BCUT2D eigenvalue weighted by Gasteiger charge is -2.39. The van der Waals surface area contributed by atoms with Crippen LogP contribution in [0.4, 0.5) is 13.2 Å². The van der Waals surface area contributed by atoms with Crippen molar-refractivity contribution in [2.75, 3.05) is 13.2 Å². The minimum atomic E-state index is -1.66. The SMILES string of the molecule is CC(C)(C)C[C@@H]1N[C@@H](C(=O)NCC[C@H](O)CO)[C@H](c2cccc(F)c2F)[C@@]1(N)c1ccc(Cl)cc1F. The zero-order valence-electron chi connectivity index (χ0n) is 20.5. The number of halogens is 4. The lowest BCUT2D eigenvalue weighted by molar-refractivity contribution is -0.123. The Morgan fingerprint density at radius 1 is 1.22 bits per heavy atom. The molecular formula is C26H33ClF3N3O3. The van der Waals surface area contributed by atoms with Gasteiger partial charge in [-0.2, -0.15) is 0 Å². The van der Waals surface area contributed by atoms with Crippen molar-refractivity contribution in [1.82, 2.24) is 10.6 Å². The Kier molecular flexibility index (Phi) is 8.73. The van der Waals surface area contributed by atoms with Crippen LogP contribution in [-0.4, -0.2) is 47.5 Å². The third-order valence-electron chi connectivity index (χ3n) is 6.61. The van der Waals surface area contributed by atoms with Crippen LogP contribution < -0.4 is 16.4 Å². The molecule has 198 valence electrons. The monoisotopic (exact) mass is 527 g/mol. The summed E-state index contributed by atoms with van der Waals surface area (Å²) in [6.07, 6.45) is -0.561. The van der Waals surface area contributed by atoms with Crippen molar-refractivity contribution in [3.8, 4) is 0 Å². The molecule has 0 aliphatic carbocycles. The van der Waals surface area contributed by atoms with Crippen molar-refractivity contribution in [3.63, 3.8) is 0 Å². The van der Waals surface area contributed by atoms with Gasteiger partial charge in [-0.25, -0.2) is 13.2 Å². The van der Waals surface area contributed by atoms with E-state index in [1.165, 1.54) is 24.3 Å². The Balaban J connectivity index is 2.17. The third kappa shape index (κ3) is 5.86. The molecule has 0 saturated carbocycles. The first kappa shape index (κ1) is 28.4. The largest absolute Gasteiger partial charge is 0.394 e. The summed E-state index contributed by atoms with van der Waals surface area (Å²) in [7, 11) is 0. The molecule has 10 heteroatoms. The van der Waals surface area contributed by atoms with E-state index in [0.29, 0.717) is 6.42 Å². The summed E-state index contributed by atoms with van der Waals surface area (Å²) in [6, 6.07) is 5.73. The van der Waals surface area contributed by atoms with Gasteiger partial charge >= 0.3 is 0 Å². The standard InChI is InChI=1S/C26H33ClF3N3O3/c1-25(2,3)12-20-26(31,17-8-7-14(27)11-19(17)29)21(16-5-4-6-18(28)22(16)30)23(33-20)24(36)32-10-9-15(35)13-34/h4-8,11,15,20-21,23,33-35H,9-10,12-13,31H2,1-3H3,(H,32,36)/t15-,20-,21-,23+,26+/m0/s1. The Morgan fingerprint density at radius 2 is 1.92 bits per heavy atom. The van der Waals surface area contributed by atoms with E-state index in [0.717, 1.165) is 12.1 Å². The molecule has 36 heavy (non-hydrogen) atoms. The summed E-state index contributed by atoms with van der Waals surface area (Å²) in [5, 5.41) is 24.6. The molecule has 1 amide bonds. The fraction of sp³-hybridized carbons (Fsp3) is 0.500. The number of carbonyl (C=O) groups is 1. The van der Waals surface area contributed by atoms with Crippen molar-refractivity contribution < 1.29 is 28.2 Å². The van der Waals surface area contributed by atoms with Crippen molar-refractivity contribution in [2.24, 2.45) is 11.1 Å². The summed E-state index contributed by atoms with van der Waals surface area (Å²) in [5.41, 5.74) is 4.89. The molecule has 5 atom stereocenters. The topological polar surface area (TPSA) is 108 Å². The fourth-order valence-electron chi connectivity index (χ4n) is 4.97. The number of hydrogen-bond donors (Lipinski definition) is 5. The van der Waals surface area contributed by atoms with E-state index in [1.807, 2.05) is 20.8 Å². The first-order chi connectivity index (χ1) is 16.8. The Morgan fingerprint density at radius 3 is 2.53 bits per heavy atom. The lowest BCUT2D eigenvalue weighted by atomic mass is 9.68. The predicted molar refractivity (Wildman–Crippen MR) is 132 cm³/mol. The number of amides is 1. The minimum absolute atomic E-state index is 0.0216. The number of aliphatic hydroxyl groups is 2. The molecule has 6 N–H and O–H groups in total. The van der Waals surface area contributed by atoms with Crippen LogP contribution in [0.25, 0.3) is 0 Å². The van der Waals surface area contributed by atoms with Gasteiger partial charge in [0.15, 0.2) is 11.6 Å². The maximum absolute atomic E-state index is 15.4. The Hall–Kier alpha value is -2.17. The van der Waals surface area contributed by atoms with Crippen LogP contribution in [0, 0.1) is 22.9 Å². The van der Waals surface area contributed by atoms with Gasteiger partial charge in [0.2, 0.25) is 5.91 Å². The third-order valence-corrected chi connectivity index (χ3v) is 6.84. The second kappa shape index (κ2) is 11.1. The first-order valence-electron chi connectivity index (χ1n) is 11.8. The molecule has 2 aromatic rings. The molecule has 2 aromatic carbocycles. The van der Waals surface area contributed by atoms with Gasteiger partial charge in [-0.05, 0) is 42.0 Å². The van der Waals surface area contributed by atoms with E-state index in [4.69, 9.17) is 22.4 Å². The minimum Gasteiger partial charge on any atom is -0.394 e. The zero-order chi connectivity index (χ0) is 26.8.